The molecule has 20 heavy (non-hydrogen) atoms. The molecule has 1 aromatic rings. The van der Waals surface area contributed by atoms with Gasteiger partial charge in [-0.25, -0.2) is 0 Å². The molecule has 0 radical (unpaired) electrons. The predicted molar refractivity (Wildman–Crippen MR) is 85.3 cm³/mol. The van der Waals surface area contributed by atoms with E-state index in [-0.39, 0.29) is 0 Å². The number of halogens is 2. The molecule has 1 fully saturated rings. The number of fused-ring (bicyclic) bond motifs is 1. The summed E-state index contributed by atoms with van der Waals surface area (Å²) in [5.74, 6) is 2.26. The fraction of sp³-hybridized carbons (Fsp3) is 0.625. The van der Waals surface area contributed by atoms with Gasteiger partial charge in [-0.2, -0.15) is 0 Å². The summed E-state index contributed by atoms with van der Waals surface area (Å²) in [5, 5.41) is 0.778. The smallest absolute Gasteiger partial charge is 0.162 e. The zero-order valence-electron chi connectivity index (χ0n) is 11.5. The van der Waals surface area contributed by atoms with Crippen molar-refractivity contribution in [2.24, 2.45) is 5.92 Å². The van der Waals surface area contributed by atoms with Crippen molar-refractivity contribution >= 4 is 27.5 Å². The van der Waals surface area contributed by atoms with Crippen LogP contribution in [0.5, 0.6) is 11.5 Å². The molecule has 2 nitrogen and oxygen atoms in total. The molecule has 0 amide bonds. The van der Waals surface area contributed by atoms with E-state index < -0.39 is 0 Å². The SMILES string of the molecule is Clc1cc2c(cc1C(Br)C1CCCCCC1)OCCO2. The molecule has 0 bridgehead atoms. The van der Waals surface area contributed by atoms with E-state index in [1.807, 2.05) is 6.07 Å². The number of alkyl halides is 1. The molecule has 3 rings (SSSR count). The minimum Gasteiger partial charge on any atom is -0.486 e. The van der Waals surface area contributed by atoms with Crippen molar-refractivity contribution in [1.82, 2.24) is 0 Å². The lowest BCUT2D eigenvalue weighted by atomic mass is 9.92. The van der Waals surface area contributed by atoms with Gasteiger partial charge >= 0.3 is 0 Å². The lowest BCUT2D eigenvalue weighted by Crippen LogP contribution is -2.16. The maximum atomic E-state index is 6.45. The Kier molecular flexibility index (Phi) is 4.77. The summed E-state index contributed by atoms with van der Waals surface area (Å²) in [7, 11) is 0. The van der Waals surface area contributed by atoms with Crippen LogP contribution in [-0.2, 0) is 0 Å². The third-order valence-electron chi connectivity index (χ3n) is 4.27. The van der Waals surface area contributed by atoms with Gasteiger partial charge in [-0.1, -0.05) is 53.2 Å². The highest BCUT2D eigenvalue weighted by Crippen LogP contribution is 2.45. The molecule has 1 heterocycles. The van der Waals surface area contributed by atoms with Gasteiger partial charge < -0.3 is 9.47 Å². The monoisotopic (exact) mass is 358 g/mol. The Morgan fingerprint density at radius 1 is 1.00 bits per heavy atom. The van der Waals surface area contributed by atoms with Crippen molar-refractivity contribution in [3.63, 3.8) is 0 Å². The first-order chi connectivity index (χ1) is 9.75. The second kappa shape index (κ2) is 6.57. The molecule has 1 aromatic carbocycles. The fourth-order valence-electron chi connectivity index (χ4n) is 3.15. The van der Waals surface area contributed by atoms with E-state index in [1.54, 1.807) is 0 Å². The molecule has 0 spiro atoms. The van der Waals surface area contributed by atoms with E-state index in [9.17, 15) is 0 Å². The van der Waals surface area contributed by atoms with Gasteiger partial charge in [0.2, 0.25) is 0 Å². The largest absolute Gasteiger partial charge is 0.486 e. The van der Waals surface area contributed by atoms with Crippen LogP contribution in [0.25, 0.3) is 0 Å². The Morgan fingerprint density at radius 2 is 1.60 bits per heavy atom. The quantitative estimate of drug-likeness (QED) is 0.511. The van der Waals surface area contributed by atoms with E-state index in [4.69, 9.17) is 21.1 Å². The summed E-state index contributed by atoms with van der Waals surface area (Å²) in [6.45, 7) is 1.22. The van der Waals surface area contributed by atoms with Crippen LogP contribution < -0.4 is 9.47 Å². The van der Waals surface area contributed by atoms with Crippen molar-refractivity contribution < 1.29 is 9.47 Å². The Hall–Kier alpha value is -0.410. The molecule has 2 aliphatic rings. The second-order valence-corrected chi connectivity index (χ2v) is 7.06. The molecule has 1 aliphatic heterocycles. The number of rotatable bonds is 2. The second-order valence-electron chi connectivity index (χ2n) is 5.67. The predicted octanol–water partition coefficient (Wildman–Crippen LogP) is 5.52. The average Bonchev–Trinajstić information content (AvgIpc) is 2.75. The van der Waals surface area contributed by atoms with Crippen molar-refractivity contribution in [3.05, 3.63) is 22.7 Å². The first kappa shape index (κ1) is 14.5. The van der Waals surface area contributed by atoms with Gasteiger partial charge in [-0.3, -0.25) is 0 Å². The van der Waals surface area contributed by atoms with E-state index >= 15 is 0 Å². The lowest BCUT2D eigenvalue weighted by Gasteiger charge is -2.25. The Bertz CT molecular complexity index is 470. The highest BCUT2D eigenvalue weighted by atomic mass is 79.9. The first-order valence-electron chi connectivity index (χ1n) is 7.49. The van der Waals surface area contributed by atoms with Gasteiger partial charge in [-0.15, -0.1) is 0 Å². The number of ether oxygens (including phenoxy) is 2. The van der Waals surface area contributed by atoms with E-state index in [2.05, 4.69) is 22.0 Å². The maximum absolute atomic E-state index is 6.45. The Labute approximate surface area is 133 Å². The van der Waals surface area contributed by atoms with Gasteiger partial charge in [0, 0.05) is 15.9 Å². The average molecular weight is 360 g/mol. The molecule has 4 heteroatoms. The highest BCUT2D eigenvalue weighted by Gasteiger charge is 2.26. The van der Waals surface area contributed by atoms with E-state index in [1.165, 1.54) is 38.5 Å². The van der Waals surface area contributed by atoms with E-state index in [0.717, 1.165) is 22.1 Å². The molecule has 0 saturated heterocycles. The van der Waals surface area contributed by atoms with Crippen LogP contribution in [0, 0.1) is 5.92 Å². The molecule has 1 unspecified atom stereocenters. The molecule has 1 aliphatic carbocycles. The van der Waals surface area contributed by atoms with Crippen LogP contribution in [0.2, 0.25) is 5.02 Å². The van der Waals surface area contributed by atoms with Crippen LogP contribution in [-0.4, -0.2) is 13.2 Å². The lowest BCUT2D eigenvalue weighted by molar-refractivity contribution is 0.171. The summed E-state index contributed by atoms with van der Waals surface area (Å²) < 4.78 is 11.3. The number of benzene rings is 1. The van der Waals surface area contributed by atoms with Crippen molar-refractivity contribution in [2.45, 2.75) is 43.4 Å². The number of hydrogen-bond acceptors (Lipinski definition) is 2. The zero-order valence-corrected chi connectivity index (χ0v) is 13.9. The van der Waals surface area contributed by atoms with Crippen LogP contribution in [0.15, 0.2) is 12.1 Å². The van der Waals surface area contributed by atoms with Gasteiger partial charge in [-0.05, 0) is 30.4 Å². The molecule has 0 N–H and O–H groups in total. The van der Waals surface area contributed by atoms with Crippen LogP contribution in [0.4, 0.5) is 0 Å². The summed E-state index contributed by atoms with van der Waals surface area (Å²) in [6.07, 6.45) is 7.95. The maximum Gasteiger partial charge on any atom is 0.162 e. The van der Waals surface area contributed by atoms with Crippen LogP contribution >= 0.6 is 27.5 Å². The zero-order chi connectivity index (χ0) is 13.9. The summed E-state index contributed by atoms with van der Waals surface area (Å²) in [6, 6.07) is 3.96. The van der Waals surface area contributed by atoms with Crippen LogP contribution in [0.1, 0.15) is 48.9 Å². The standard InChI is InChI=1S/C16H20BrClO2/c17-16(11-5-3-1-2-4-6-11)12-9-14-15(10-13(12)18)20-8-7-19-14/h9-11,16H,1-8H2. The third-order valence-corrected chi connectivity index (χ3v) is 5.84. The van der Waals surface area contributed by atoms with Crippen LogP contribution in [0.3, 0.4) is 0 Å². The fourth-order valence-corrected chi connectivity index (χ4v) is 4.46. The molecule has 1 atom stereocenters. The third kappa shape index (κ3) is 3.09. The summed E-state index contributed by atoms with van der Waals surface area (Å²) >= 11 is 10.3. The molecule has 1 saturated carbocycles. The minimum atomic E-state index is 0.309. The minimum absolute atomic E-state index is 0.309. The van der Waals surface area contributed by atoms with Gasteiger partial charge in [0.05, 0.1) is 0 Å². The number of hydrogen-bond donors (Lipinski definition) is 0. The Morgan fingerprint density at radius 3 is 2.25 bits per heavy atom. The molecular weight excluding hydrogens is 340 g/mol. The van der Waals surface area contributed by atoms with Gasteiger partial charge in [0.15, 0.2) is 11.5 Å². The molecule has 110 valence electrons. The van der Waals surface area contributed by atoms with Gasteiger partial charge in [0.1, 0.15) is 13.2 Å². The normalized spacial score (nSPS) is 21.3. The van der Waals surface area contributed by atoms with E-state index in [0.29, 0.717) is 24.0 Å². The molecular formula is C16H20BrClO2. The van der Waals surface area contributed by atoms with Crippen molar-refractivity contribution in [3.8, 4) is 11.5 Å². The Balaban J connectivity index is 1.84. The van der Waals surface area contributed by atoms with Crippen molar-refractivity contribution in [1.29, 1.82) is 0 Å². The summed E-state index contributed by atoms with van der Waals surface area (Å²) in [5.41, 5.74) is 1.14. The topological polar surface area (TPSA) is 18.5 Å². The summed E-state index contributed by atoms with van der Waals surface area (Å²) in [4.78, 5) is 0.309. The molecule has 0 aromatic heterocycles. The first-order valence-corrected chi connectivity index (χ1v) is 8.78. The van der Waals surface area contributed by atoms with Crippen molar-refractivity contribution in [2.75, 3.05) is 13.2 Å². The highest BCUT2D eigenvalue weighted by molar-refractivity contribution is 9.09. The van der Waals surface area contributed by atoms with Gasteiger partial charge in [0.25, 0.3) is 0 Å².